The molecule has 6 heteroatoms. The zero-order valence-corrected chi connectivity index (χ0v) is 11.8. The average Bonchev–Trinajstić information content (AvgIpc) is 2.26. The molecular weight excluding hydrogens is 264 g/mol. The van der Waals surface area contributed by atoms with Crippen LogP contribution in [0.3, 0.4) is 0 Å². The Morgan fingerprint density at radius 3 is 1.55 bits per heavy atom. The topological polar surface area (TPSA) is 78.9 Å². The Morgan fingerprint density at radius 2 is 1.25 bits per heavy atom. The maximum Gasteiger partial charge on any atom is 0.308 e. The highest BCUT2D eigenvalue weighted by Crippen LogP contribution is 2.35. The summed E-state index contributed by atoms with van der Waals surface area (Å²) in [6.45, 7) is 5.57. The molecule has 20 heavy (non-hydrogen) atoms. The molecule has 0 N–H and O–H groups in total. The molecular formula is C14H16O6. The number of benzene rings is 1. The van der Waals surface area contributed by atoms with Crippen molar-refractivity contribution in [1.82, 2.24) is 0 Å². The molecule has 0 saturated carbocycles. The molecule has 6 nitrogen and oxygen atoms in total. The van der Waals surface area contributed by atoms with Crippen LogP contribution in [0.2, 0.25) is 0 Å². The van der Waals surface area contributed by atoms with Gasteiger partial charge in [0.05, 0.1) is 0 Å². The van der Waals surface area contributed by atoms with E-state index in [1.54, 1.807) is 0 Å². The van der Waals surface area contributed by atoms with E-state index in [2.05, 4.69) is 0 Å². The van der Waals surface area contributed by atoms with E-state index in [4.69, 9.17) is 14.2 Å². The van der Waals surface area contributed by atoms with E-state index in [-0.39, 0.29) is 17.2 Å². The molecule has 0 atom stereocenters. The van der Waals surface area contributed by atoms with Gasteiger partial charge in [0.1, 0.15) is 17.2 Å². The predicted molar refractivity (Wildman–Crippen MR) is 69.7 cm³/mol. The van der Waals surface area contributed by atoms with Crippen LogP contribution in [0.1, 0.15) is 33.3 Å². The van der Waals surface area contributed by atoms with Crippen molar-refractivity contribution in [2.24, 2.45) is 0 Å². The van der Waals surface area contributed by atoms with Crippen LogP contribution >= 0.6 is 0 Å². The molecule has 0 spiro atoms. The van der Waals surface area contributed by atoms with Crippen LogP contribution in [0.15, 0.2) is 12.1 Å². The van der Waals surface area contributed by atoms with Crippen LogP contribution in [0.5, 0.6) is 17.2 Å². The molecule has 0 bridgehead atoms. The molecule has 0 unspecified atom stereocenters. The molecule has 0 heterocycles. The van der Waals surface area contributed by atoms with Gasteiger partial charge >= 0.3 is 17.9 Å². The highest BCUT2D eigenvalue weighted by molar-refractivity contribution is 5.74. The third-order valence-electron chi connectivity index (χ3n) is 2.26. The molecule has 0 amide bonds. The summed E-state index contributed by atoms with van der Waals surface area (Å²) >= 11 is 0. The molecule has 1 aromatic rings. The van der Waals surface area contributed by atoms with Gasteiger partial charge in [-0.15, -0.1) is 0 Å². The largest absolute Gasteiger partial charge is 0.426 e. The van der Waals surface area contributed by atoms with E-state index in [0.717, 1.165) is 0 Å². The Kier molecular flexibility index (Phi) is 5.25. The zero-order valence-electron chi connectivity index (χ0n) is 11.8. The fourth-order valence-corrected chi connectivity index (χ4v) is 1.66. The Labute approximate surface area is 116 Å². The first-order valence-electron chi connectivity index (χ1n) is 6.05. The van der Waals surface area contributed by atoms with E-state index in [9.17, 15) is 14.4 Å². The molecule has 0 aliphatic rings. The number of ether oxygens (including phenoxy) is 3. The standard InChI is InChI=1S/C14H16O6/c1-5-12-13(19-9(3)16)6-11(18-8(2)15)7-14(12)20-10(4)17/h6-7H,5H2,1-4H3. The molecule has 1 aromatic carbocycles. The van der Waals surface area contributed by atoms with Crippen LogP contribution < -0.4 is 14.2 Å². The highest BCUT2D eigenvalue weighted by Gasteiger charge is 2.16. The van der Waals surface area contributed by atoms with Crippen LogP contribution in [-0.4, -0.2) is 17.9 Å². The summed E-state index contributed by atoms with van der Waals surface area (Å²) in [6.07, 6.45) is 0.478. The second-order valence-electron chi connectivity index (χ2n) is 4.03. The minimum absolute atomic E-state index is 0.141. The molecule has 0 aliphatic carbocycles. The molecule has 0 aliphatic heterocycles. The molecule has 108 valence electrons. The van der Waals surface area contributed by atoms with Crippen molar-refractivity contribution < 1.29 is 28.6 Å². The third-order valence-corrected chi connectivity index (χ3v) is 2.26. The van der Waals surface area contributed by atoms with E-state index < -0.39 is 17.9 Å². The van der Waals surface area contributed by atoms with Crippen molar-refractivity contribution in [3.05, 3.63) is 17.7 Å². The second kappa shape index (κ2) is 6.70. The van der Waals surface area contributed by atoms with Crippen LogP contribution in [0.25, 0.3) is 0 Å². The van der Waals surface area contributed by atoms with E-state index in [1.807, 2.05) is 6.92 Å². The van der Waals surface area contributed by atoms with E-state index >= 15 is 0 Å². The molecule has 0 aromatic heterocycles. The maximum absolute atomic E-state index is 11.1. The number of rotatable bonds is 4. The van der Waals surface area contributed by atoms with Gasteiger partial charge in [0.15, 0.2) is 0 Å². The molecule has 0 saturated heterocycles. The van der Waals surface area contributed by atoms with Crippen molar-refractivity contribution >= 4 is 17.9 Å². The Hall–Kier alpha value is -2.37. The lowest BCUT2D eigenvalue weighted by Gasteiger charge is -2.14. The maximum atomic E-state index is 11.1. The van der Waals surface area contributed by atoms with Gasteiger partial charge in [-0.05, 0) is 6.42 Å². The predicted octanol–water partition coefficient (Wildman–Crippen LogP) is 2.02. The van der Waals surface area contributed by atoms with Crippen molar-refractivity contribution in [2.45, 2.75) is 34.1 Å². The summed E-state index contributed by atoms with van der Waals surface area (Å²) in [6, 6.07) is 2.82. The van der Waals surface area contributed by atoms with Crippen molar-refractivity contribution in [3.8, 4) is 17.2 Å². The summed E-state index contributed by atoms with van der Waals surface area (Å²) < 4.78 is 15.1. The lowest BCUT2D eigenvalue weighted by Crippen LogP contribution is -2.09. The lowest BCUT2D eigenvalue weighted by atomic mass is 10.1. The van der Waals surface area contributed by atoms with Crippen molar-refractivity contribution in [2.75, 3.05) is 0 Å². The van der Waals surface area contributed by atoms with Crippen molar-refractivity contribution in [3.63, 3.8) is 0 Å². The minimum atomic E-state index is -0.531. The first-order chi connectivity index (χ1) is 9.33. The normalized spacial score (nSPS) is 9.80. The molecule has 0 fully saturated rings. The van der Waals surface area contributed by atoms with E-state index in [1.165, 1.54) is 32.9 Å². The van der Waals surface area contributed by atoms with Gasteiger partial charge in [-0.1, -0.05) is 6.92 Å². The monoisotopic (exact) mass is 280 g/mol. The van der Waals surface area contributed by atoms with Gasteiger partial charge in [-0.2, -0.15) is 0 Å². The average molecular weight is 280 g/mol. The zero-order chi connectivity index (χ0) is 15.3. The Morgan fingerprint density at radius 1 is 0.850 bits per heavy atom. The van der Waals surface area contributed by atoms with Crippen LogP contribution in [0.4, 0.5) is 0 Å². The Bertz CT molecular complexity index is 510. The van der Waals surface area contributed by atoms with Gasteiger partial charge in [0.2, 0.25) is 0 Å². The number of carbonyl (C=O) groups is 3. The highest BCUT2D eigenvalue weighted by atomic mass is 16.6. The summed E-state index contributed by atoms with van der Waals surface area (Å²) in [7, 11) is 0. The fourth-order valence-electron chi connectivity index (χ4n) is 1.66. The van der Waals surface area contributed by atoms with Gasteiger partial charge in [0, 0.05) is 38.5 Å². The van der Waals surface area contributed by atoms with Gasteiger partial charge < -0.3 is 14.2 Å². The first kappa shape index (κ1) is 15.7. The van der Waals surface area contributed by atoms with Gasteiger partial charge in [0.25, 0.3) is 0 Å². The molecule has 0 radical (unpaired) electrons. The SMILES string of the molecule is CCc1c(OC(C)=O)cc(OC(C)=O)cc1OC(C)=O. The summed E-state index contributed by atoms with van der Waals surface area (Å²) in [4.78, 5) is 33.2. The fraction of sp³-hybridized carbons (Fsp3) is 0.357. The number of esters is 3. The number of hydrogen-bond donors (Lipinski definition) is 0. The quantitative estimate of drug-likeness (QED) is 0.620. The summed E-state index contributed by atoms with van der Waals surface area (Å²) in [5, 5.41) is 0. The minimum Gasteiger partial charge on any atom is -0.426 e. The van der Waals surface area contributed by atoms with E-state index in [0.29, 0.717) is 12.0 Å². The molecule has 1 rings (SSSR count). The number of carbonyl (C=O) groups excluding carboxylic acids is 3. The second-order valence-corrected chi connectivity index (χ2v) is 4.03. The van der Waals surface area contributed by atoms with Crippen molar-refractivity contribution in [1.29, 1.82) is 0 Å². The lowest BCUT2D eigenvalue weighted by molar-refractivity contribution is -0.132. The first-order valence-corrected chi connectivity index (χ1v) is 6.05. The van der Waals surface area contributed by atoms with Gasteiger partial charge in [-0.3, -0.25) is 14.4 Å². The summed E-state index contributed by atoms with van der Waals surface area (Å²) in [5.74, 6) is -1.02. The number of hydrogen-bond acceptors (Lipinski definition) is 6. The summed E-state index contributed by atoms with van der Waals surface area (Å²) in [5.41, 5.74) is 0.548. The Balaban J connectivity index is 3.33. The van der Waals surface area contributed by atoms with Crippen LogP contribution in [0, 0.1) is 0 Å². The van der Waals surface area contributed by atoms with Crippen LogP contribution in [-0.2, 0) is 20.8 Å². The van der Waals surface area contributed by atoms with Gasteiger partial charge in [-0.25, -0.2) is 0 Å². The third kappa shape index (κ3) is 4.38. The smallest absolute Gasteiger partial charge is 0.308 e.